The number of amides is 1. The van der Waals surface area contributed by atoms with Crippen molar-refractivity contribution in [2.75, 3.05) is 18.4 Å². The molecule has 0 unspecified atom stereocenters. The quantitative estimate of drug-likeness (QED) is 0.517. The zero-order valence-electron chi connectivity index (χ0n) is 15.5. The molecule has 2 N–H and O–H groups in total. The van der Waals surface area contributed by atoms with Gasteiger partial charge in [0.05, 0.1) is 6.54 Å². The van der Waals surface area contributed by atoms with Crippen LogP contribution < -0.4 is 15.4 Å². The molecule has 0 aliphatic heterocycles. The van der Waals surface area contributed by atoms with Crippen molar-refractivity contribution < 1.29 is 9.53 Å². The molecule has 3 aromatic rings. The zero-order valence-corrected chi connectivity index (χ0v) is 16.3. The Hall–Kier alpha value is -2.82. The molecular formula is C23H23ClN2O2. The highest BCUT2D eigenvalue weighted by Gasteiger charge is 2.03. The normalized spacial score (nSPS) is 10.5. The summed E-state index contributed by atoms with van der Waals surface area (Å²) in [5, 5.41) is 6.74. The van der Waals surface area contributed by atoms with Crippen LogP contribution in [0.4, 0.5) is 5.69 Å². The van der Waals surface area contributed by atoms with Crippen molar-refractivity contribution in [2.24, 2.45) is 0 Å². The fourth-order valence-corrected chi connectivity index (χ4v) is 2.79. The van der Waals surface area contributed by atoms with Gasteiger partial charge in [-0.05, 0) is 60.5 Å². The first-order chi connectivity index (χ1) is 13.7. The van der Waals surface area contributed by atoms with E-state index in [1.807, 2.05) is 66.7 Å². The molecule has 0 aliphatic carbocycles. The molecule has 0 fully saturated rings. The fraction of sp³-hybridized carbons (Fsp3) is 0.174. The molecule has 3 rings (SSSR count). The third-order valence-corrected chi connectivity index (χ3v) is 4.43. The lowest BCUT2D eigenvalue weighted by Gasteiger charge is -2.09. The minimum absolute atomic E-state index is 0.0668. The maximum atomic E-state index is 12.0. The van der Waals surface area contributed by atoms with E-state index in [9.17, 15) is 4.79 Å². The van der Waals surface area contributed by atoms with E-state index in [0.717, 1.165) is 30.0 Å². The summed E-state index contributed by atoms with van der Waals surface area (Å²) in [5.74, 6) is 0.678. The third-order valence-electron chi connectivity index (χ3n) is 4.18. The molecule has 0 aromatic heterocycles. The number of benzene rings is 3. The second kappa shape index (κ2) is 10.5. The Morgan fingerprint density at radius 1 is 0.857 bits per heavy atom. The van der Waals surface area contributed by atoms with Crippen LogP contribution in [0, 0.1) is 0 Å². The van der Waals surface area contributed by atoms with Gasteiger partial charge in [0.1, 0.15) is 12.4 Å². The topological polar surface area (TPSA) is 50.4 Å². The molecule has 1 amide bonds. The van der Waals surface area contributed by atoms with Gasteiger partial charge in [0.15, 0.2) is 0 Å². The van der Waals surface area contributed by atoms with Gasteiger partial charge in [0.2, 0.25) is 5.91 Å². The molecule has 0 atom stereocenters. The number of carbonyl (C=O) groups excluding carboxylic acids is 1. The third kappa shape index (κ3) is 6.72. The SMILES string of the molecule is O=C(CNCCc1ccccc1)Nc1ccc(OCc2ccc(Cl)cc2)cc1. The van der Waals surface area contributed by atoms with Crippen molar-refractivity contribution in [1.29, 1.82) is 0 Å². The molecule has 4 nitrogen and oxygen atoms in total. The Kier molecular flexibility index (Phi) is 7.47. The van der Waals surface area contributed by atoms with E-state index in [4.69, 9.17) is 16.3 Å². The van der Waals surface area contributed by atoms with Crippen LogP contribution >= 0.6 is 11.6 Å². The van der Waals surface area contributed by atoms with Gasteiger partial charge in [-0.25, -0.2) is 0 Å². The Bertz CT molecular complexity index is 865. The van der Waals surface area contributed by atoms with Crippen molar-refractivity contribution in [3.8, 4) is 5.75 Å². The van der Waals surface area contributed by atoms with Crippen LogP contribution in [0.5, 0.6) is 5.75 Å². The van der Waals surface area contributed by atoms with Gasteiger partial charge in [0, 0.05) is 10.7 Å². The monoisotopic (exact) mass is 394 g/mol. The molecule has 0 radical (unpaired) electrons. The zero-order chi connectivity index (χ0) is 19.6. The van der Waals surface area contributed by atoms with Crippen molar-refractivity contribution in [3.63, 3.8) is 0 Å². The summed E-state index contributed by atoms with van der Waals surface area (Å²) in [5.41, 5.74) is 3.04. The van der Waals surface area contributed by atoms with Gasteiger partial charge >= 0.3 is 0 Å². The summed E-state index contributed by atoms with van der Waals surface area (Å²) in [6.07, 6.45) is 0.897. The van der Waals surface area contributed by atoms with Crippen molar-refractivity contribution >= 4 is 23.2 Å². The summed E-state index contributed by atoms with van der Waals surface area (Å²) in [6, 6.07) is 25.1. The van der Waals surface area contributed by atoms with Crippen LogP contribution in [-0.2, 0) is 17.8 Å². The molecule has 144 valence electrons. The van der Waals surface area contributed by atoms with Gasteiger partial charge in [-0.1, -0.05) is 54.1 Å². The van der Waals surface area contributed by atoms with E-state index in [2.05, 4.69) is 22.8 Å². The number of rotatable bonds is 9. The lowest BCUT2D eigenvalue weighted by Crippen LogP contribution is -2.29. The van der Waals surface area contributed by atoms with Crippen molar-refractivity contribution in [3.05, 3.63) is 95.0 Å². The average molecular weight is 395 g/mol. The Morgan fingerprint density at radius 2 is 1.57 bits per heavy atom. The molecule has 0 saturated carbocycles. The molecule has 0 aliphatic rings. The molecular weight excluding hydrogens is 372 g/mol. The fourth-order valence-electron chi connectivity index (χ4n) is 2.67. The number of hydrogen-bond donors (Lipinski definition) is 2. The van der Waals surface area contributed by atoms with Crippen LogP contribution in [0.25, 0.3) is 0 Å². The van der Waals surface area contributed by atoms with Crippen LogP contribution in [0.1, 0.15) is 11.1 Å². The first-order valence-electron chi connectivity index (χ1n) is 9.21. The molecule has 28 heavy (non-hydrogen) atoms. The van der Waals surface area contributed by atoms with Crippen LogP contribution in [0.3, 0.4) is 0 Å². The Morgan fingerprint density at radius 3 is 2.29 bits per heavy atom. The number of carbonyl (C=O) groups is 1. The highest BCUT2D eigenvalue weighted by Crippen LogP contribution is 2.18. The molecule has 0 heterocycles. The first-order valence-corrected chi connectivity index (χ1v) is 9.59. The number of anilines is 1. The minimum Gasteiger partial charge on any atom is -0.489 e. The van der Waals surface area contributed by atoms with Crippen molar-refractivity contribution in [1.82, 2.24) is 5.32 Å². The lowest BCUT2D eigenvalue weighted by molar-refractivity contribution is -0.115. The molecule has 5 heteroatoms. The highest BCUT2D eigenvalue weighted by atomic mass is 35.5. The highest BCUT2D eigenvalue weighted by molar-refractivity contribution is 6.30. The van der Waals surface area contributed by atoms with E-state index in [0.29, 0.717) is 11.6 Å². The van der Waals surface area contributed by atoms with E-state index in [1.54, 1.807) is 0 Å². The summed E-state index contributed by atoms with van der Waals surface area (Å²) < 4.78 is 5.75. The average Bonchev–Trinajstić information content (AvgIpc) is 2.73. The van der Waals surface area contributed by atoms with Gasteiger partial charge in [-0.15, -0.1) is 0 Å². The summed E-state index contributed by atoms with van der Waals surface area (Å²) >= 11 is 5.88. The first kappa shape index (κ1) is 19.9. The largest absolute Gasteiger partial charge is 0.489 e. The number of halogens is 1. The number of hydrogen-bond acceptors (Lipinski definition) is 3. The van der Waals surface area contributed by atoms with Gasteiger partial charge in [0.25, 0.3) is 0 Å². The summed E-state index contributed by atoms with van der Waals surface area (Å²) in [6.45, 7) is 1.50. The lowest BCUT2D eigenvalue weighted by atomic mass is 10.1. The molecule has 0 bridgehead atoms. The van der Waals surface area contributed by atoms with E-state index in [1.165, 1.54) is 5.56 Å². The van der Waals surface area contributed by atoms with E-state index < -0.39 is 0 Å². The van der Waals surface area contributed by atoms with E-state index >= 15 is 0 Å². The Labute approximate surface area is 170 Å². The van der Waals surface area contributed by atoms with Crippen LogP contribution in [-0.4, -0.2) is 19.0 Å². The van der Waals surface area contributed by atoms with Gasteiger partial charge < -0.3 is 15.4 Å². The second-order valence-corrected chi connectivity index (χ2v) is 6.84. The maximum absolute atomic E-state index is 12.0. The number of nitrogens with one attached hydrogen (secondary N) is 2. The molecule has 3 aromatic carbocycles. The molecule has 0 spiro atoms. The van der Waals surface area contributed by atoms with Gasteiger partial charge in [-0.2, -0.15) is 0 Å². The summed E-state index contributed by atoms with van der Waals surface area (Å²) in [4.78, 5) is 12.0. The maximum Gasteiger partial charge on any atom is 0.238 e. The van der Waals surface area contributed by atoms with E-state index in [-0.39, 0.29) is 12.5 Å². The second-order valence-electron chi connectivity index (χ2n) is 6.40. The summed E-state index contributed by atoms with van der Waals surface area (Å²) in [7, 11) is 0. The van der Waals surface area contributed by atoms with Crippen molar-refractivity contribution in [2.45, 2.75) is 13.0 Å². The standard InChI is InChI=1S/C23H23ClN2O2/c24-20-8-6-19(7-9-20)17-28-22-12-10-21(11-13-22)26-23(27)16-25-15-14-18-4-2-1-3-5-18/h1-13,25H,14-17H2,(H,26,27). The van der Waals surface area contributed by atoms with Crippen LogP contribution in [0.2, 0.25) is 5.02 Å². The smallest absolute Gasteiger partial charge is 0.238 e. The minimum atomic E-state index is -0.0668. The van der Waals surface area contributed by atoms with Crippen LogP contribution in [0.15, 0.2) is 78.9 Å². The predicted molar refractivity (Wildman–Crippen MR) is 114 cm³/mol. The Balaban J connectivity index is 1.37. The van der Waals surface area contributed by atoms with Gasteiger partial charge in [-0.3, -0.25) is 4.79 Å². The number of ether oxygens (including phenoxy) is 1. The molecule has 0 saturated heterocycles. The predicted octanol–water partition coefficient (Wildman–Crippen LogP) is 4.69.